The lowest BCUT2D eigenvalue weighted by Gasteiger charge is -2.14. The number of hydrogen-bond donors (Lipinski definition) is 2. The number of anilines is 1. The molecule has 0 radical (unpaired) electrons. The molecule has 96 valence electrons. The molecule has 3 rings (SSSR count). The van der Waals surface area contributed by atoms with E-state index < -0.39 is 5.60 Å². The number of nitrogens with one attached hydrogen (secondary N) is 1. The summed E-state index contributed by atoms with van der Waals surface area (Å²) in [6.45, 7) is 3.56. The van der Waals surface area contributed by atoms with E-state index in [1.54, 1.807) is 0 Å². The number of rotatable bonds is 1. The lowest BCUT2D eigenvalue weighted by atomic mass is 9.94. The molecule has 1 atom stereocenters. The molecule has 2 N–H and O–H groups in total. The second-order valence-corrected chi connectivity index (χ2v) is 5.15. The minimum atomic E-state index is -1.45. The molecule has 19 heavy (non-hydrogen) atoms. The van der Waals surface area contributed by atoms with Crippen LogP contribution in [0.15, 0.2) is 42.5 Å². The van der Waals surface area contributed by atoms with Crippen molar-refractivity contribution in [3.63, 3.8) is 0 Å². The summed E-state index contributed by atoms with van der Waals surface area (Å²) < 4.78 is 0. The Morgan fingerprint density at radius 2 is 1.68 bits per heavy atom. The summed E-state index contributed by atoms with van der Waals surface area (Å²) in [5.41, 5.74) is 3.14. The van der Waals surface area contributed by atoms with Crippen LogP contribution < -0.4 is 5.32 Å². The second kappa shape index (κ2) is 3.93. The van der Waals surface area contributed by atoms with Crippen LogP contribution in [-0.2, 0) is 10.4 Å². The van der Waals surface area contributed by atoms with Crippen LogP contribution in [0.1, 0.15) is 18.1 Å². The maximum absolute atomic E-state index is 11.7. The Morgan fingerprint density at radius 3 is 2.37 bits per heavy atom. The van der Waals surface area contributed by atoms with Gasteiger partial charge in [0.2, 0.25) is 0 Å². The number of aliphatic hydroxyl groups is 1. The molecule has 1 aliphatic rings. The molecule has 2 aromatic rings. The number of fused-ring (bicyclic) bond motifs is 1. The van der Waals surface area contributed by atoms with Crippen LogP contribution in [0.25, 0.3) is 11.1 Å². The van der Waals surface area contributed by atoms with Gasteiger partial charge >= 0.3 is 0 Å². The van der Waals surface area contributed by atoms with Gasteiger partial charge in [-0.15, -0.1) is 0 Å². The predicted octanol–water partition coefficient (Wildman–Crippen LogP) is 2.82. The Balaban J connectivity index is 2.10. The van der Waals surface area contributed by atoms with Crippen LogP contribution in [0.2, 0.25) is 0 Å². The van der Waals surface area contributed by atoms with Gasteiger partial charge in [-0.05, 0) is 37.1 Å². The van der Waals surface area contributed by atoms with Crippen molar-refractivity contribution in [2.24, 2.45) is 0 Å². The van der Waals surface area contributed by atoms with Crippen LogP contribution in [0, 0.1) is 6.92 Å². The van der Waals surface area contributed by atoms with Crippen LogP contribution in [0.5, 0.6) is 0 Å². The van der Waals surface area contributed by atoms with Crippen LogP contribution in [0.4, 0.5) is 5.69 Å². The molecule has 0 unspecified atom stereocenters. The maximum Gasteiger partial charge on any atom is 0.260 e. The third kappa shape index (κ3) is 1.83. The van der Waals surface area contributed by atoms with Gasteiger partial charge in [-0.3, -0.25) is 4.79 Å². The minimum absolute atomic E-state index is 0.372. The van der Waals surface area contributed by atoms with Crippen molar-refractivity contribution in [2.75, 3.05) is 5.32 Å². The molecule has 1 aliphatic heterocycles. The zero-order valence-corrected chi connectivity index (χ0v) is 10.9. The van der Waals surface area contributed by atoms with E-state index >= 15 is 0 Å². The highest BCUT2D eigenvalue weighted by molar-refractivity contribution is 6.05. The fourth-order valence-electron chi connectivity index (χ4n) is 2.35. The van der Waals surface area contributed by atoms with E-state index in [2.05, 4.69) is 5.32 Å². The van der Waals surface area contributed by atoms with E-state index in [0.29, 0.717) is 11.3 Å². The number of amides is 1. The van der Waals surface area contributed by atoms with Crippen molar-refractivity contribution in [2.45, 2.75) is 19.4 Å². The normalized spacial score (nSPS) is 21.1. The van der Waals surface area contributed by atoms with Gasteiger partial charge in [-0.1, -0.05) is 35.9 Å². The average Bonchev–Trinajstić information content (AvgIpc) is 2.61. The Kier molecular flexibility index (Phi) is 2.47. The molecule has 3 nitrogen and oxygen atoms in total. The van der Waals surface area contributed by atoms with Gasteiger partial charge in [0, 0.05) is 11.3 Å². The highest BCUT2D eigenvalue weighted by atomic mass is 16.3. The summed E-state index contributed by atoms with van der Waals surface area (Å²) in [7, 11) is 0. The molecule has 2 aromatic carbocycles. The van der Waals surface area contributed by atoms with E-state index in [1.165, 1.54) is 12.5 Å². The topological polar surface area (TPSA) is 49.3 Å². The van der Waals surface area contributed by atoms with Gasteiger partial charge < -0.3 is 10.4 Å². The molecule has 1 heterocycles. The molecule has 0 saturated heterocycles. The standard InChI is InChI=1S/C16H15NO2/c1-10-3-5-11(6-4-10)12-7-8-14-13(9-12)16(2,19)15(18)17-14/h3-9,19H,1-2H3,(H,17,18)/t16-/m0/s1. The average molecular weight is 253 g/mol. The summed E-state index contributed by atoms with van der Waals surface area (Å²) in [4.78, 5) is 11.7. The Morgan fingerprint density at radius 1 is 1.05 bits per heavy atom. The lowest BCUT2D eigenvalue weighted by molar-refractivity contribution is -0.131. The Labute approximate surface area is 111 Å². The minimum Gasteiger partial charge on any atom is -0.375 e. The second-order valence-electron chi connectivity index (χ2n) is 5.15. The van der Waals surface area contributed by atoms with Gasteiger partial charge in [-0.25, -0.2) is 0 Å². The number of hydrogen-bond acceptors (Lipinski definition) is 2. The zero-order valence-electron chi connectivity index (χ0n) is 10.9. The molecule has 0 spiro atoms. The highest BCUT2D eigenvalue weighted by Gasteiger charge is 2.40. The third-order valence-electron chi connectivity index (χ3n) is 3.62. The van der Waals surface area contributed by atoms with E-state index in [9.17, 15) is 9.90 Å². The summed E-state index contributed by atoms with van der Waals surface area (Å²) in [6, 6.07) is 13.8. The first-order valence-corrected chi connectivity index (χ1v) is 6.24. The van der Waals surface area contributed by atoms with Gasteiger partial charge in [-0.2, -0.15) is 0 Å². The molecule has 0 aromatic heterocycles. The van der Waals surface area contributed by atoms with Crippen molar-refractivity contribution in [3.8, 4) is 11.1 Å². The van der Waals surface area contributed by atoms with Crippen LogP contribution >= 0.6 is 0 Å². The quantitative estimate of drug-likeness (QED) is 0.821. The van der Waals surface area contributed by atoms with Gasteiger partial charge in [0.15, 0.2) is 5.60 Å². The highest BCUT2D eigenvalue weighted by Crippen LogP contribution is 2.38. The number of benzene rings is 2. The van der Waals surface area contributed by atoms with Gasteiger partial charge in [0.1, 0.15) is 0 Å². The van der Waals surface area contributed by atoms with Crippen molar-refractivity contribution in [3.05, 3.63) is 53.6 Å². The first kappa shape index (κ1) is 11.9. The van der Waals surface area contributed by atoms with Crippen LogP contribution in [0.3, 0.4) is 0 Å². The van der Waals surface area contributed by atoms with Crippen molar-refractivity contribution in [1.82, 2.24) is 0 Å². The fourth-order valence-corrected chi connectivity index (χ4v) is 2.35. The number of carbonyl (C=O) groups is 1. The lowest BCUT2D eigenvalue weighted by Crippen LogP contribution is -2.30. The summed E-state index contributed by atoms with van der Waals surface area (Å²) in [6.07, 6.45) is 0. The summed E-state index contributed by atoms with van der Waals surface area (Å²) in [5.74, 6) is -0.372. The zero-order chi connectivity index (χ0) is 13.6. The largest absolute Gasteiger partial charge is 0.375 e. The van der Waals surface area contributed by atoms with E-state index in [-0.39, 0.29) is 5.91 Å². The summed E-state index contributed by atoms with van der Waals surface area (Å²) in [5, 5.41) is 12.9. The Bertz CT molecular complexity index is 657. The number of carbonyl (C=O) groups excluding carboxylic acids is 1. The molecular weight excluding hydrogens is 238 g/mol. The molecule has 0 bridgehead atoms. The molecule has 0 fully saturated rings. The third-order valence-corrected chi connectivity index (χ3v) is 3.62. The smallest absolute Gasteiger partial charge is 0.260 e. The fraction of sp³-hybridized carbons (Fsp3) is 0.188. The molecule has 0 aliphatic carbocycles. The van der Waals surface area contributed by atoms with E-state index in [4.69, 9.17) is 0 Å². The van der Waals surface area contributed by atoms with Crippen molar-refractivity contribution >= 4 is 11.6 Å². The van der Waals surface area contributed by atoms with E-state index in [0.717, 1.165) is 11.1 Å². The van der Waals surface area contributed by atoms with Crippen molar-refractivity contribution < 1.29 is 9.90 Å². The SMILES string of the molecule is Cc1ccc(-c2ccc3c(c2)[C@](C)(O)C(=O)N3)cc1. The first-order valence-electron chi connectivity index (χ1n) is 6.24. The molecular formula is C16H15NO2. The van der Waals surface area contributed by atoms with Gasteiger partial charge in [0.25, 0.3) is 5.91 Å². The number of aryl methyl sites for hydroxylation is 1. The molecule has 1 amide bonds. The molecule has 0 saturated carbocycles. The van der Waals surface area contributed by atoms with Crippen molar-refractivity contribution in [1.29, 1.82) is 0 Å². The molecule has 3 heteroatoms. The monoisotopic (exact) mass is 253 g/mol. The summed E-state index contributed by atoms with van der Waals surface area (Å²) >= 11 is 0. The van der Waals surface area contributed by atoms with Gasteiger partial charge in [0.05, 0.1) is 0 Å². The predicted molar refractivity (Wildman–Crippen MR) is 74.8 cm³/mol. The first-order chi connectivity index (χ1) is 8.98. The van der Waals surface area contributed by atoms with Crippen LogP contribution in [-0.4, -0.2) is 11.0 Å². The van der Waals surface area contributed by atoms with E-state index in [1.807, 2.05) is 49.4 Å². The Hall–Kier alpha value is -2.13. The maximum atomic E-state index is 11.7.